The number of sulfonamides is 1. The first-order chi connectivity index (χ1) is 5.43. The standard InChI is InChI=1S/C8H19NO2S/c1-5-7-8(3)9(6-2)12(4,10)11/h8H,5-7H2,1-4H3. The van der Waals surface area contributed by atoms with Gasteiger partial charge in [-0.15, -0.1) is 0 Å². The normalized spacial score (nSPS) is 15.1. The number of nitrogens with zero attached hydrogens (tertiary/aromatic N) is 1. The van der Waals surface area contributed by atoms with Crippen LogP contribution in [0.25, 0.3) is 0 Å². The van der Waals surface area contributed by atoms with Crippen LogP contribution in [0, 0.1) is 0 Å². The molecular weight excluding hydrogens is 174 g/mol. The Kier molecular flexibility index (Phi) is 4.78. The lowest BCUT2D eigenvalue weighted by molar-refractivity contribution is 0.335. The maximum Gasteiger partial charge on any atom is 0.211 e. The molecule has 0 aliphatic carbocycles. The summed E-state index contributed by atoms with van der Waals surface area (Å²) in [5.41, 5.74) is 0. The van der Waals surface area contributed by atoms with Gasteiger partial charge in [0, 0.05) is 12.6 Å². The van der Waals surface area contributed by atoms with E-state index in [1.165, 1.54) is 10.6 Å². The molecular formula is C8H19NO2S. The highest BCUT2D eigenvalue weighted by Crippen LogP contribution is 2.09. The van der Waals surface area contributed by atoms with Gasteiger partial charge in [0.15, 0.2) is 0 Å². The van der Waals surface area contributed by atoms with Crippen LogP contribution in [0.3, 0.4) is 0 Å². The molecule has 0 aromatic heterocycles. The van der Waals surface area contributed by atoms with Gasteiger partial charge in [-0.05, 0) is 13.3 Å². The molecule has 0 aromatic carbocycles. The van der Waals surface area contributed by atoms with Crippen LogP contribution in [0.4, 0.5) is 0 Å². The lowest BCUT2D eigenvalue weighted by atomic mass is 10.2. The molecule has 1 unspecified atom stereocenters. The Morgan fingerprint density at radius 2 is 1.83 bits per heavy atom. The van der Waals surface area contributed by atoms with Crippen molar-refractivity contribution in [3.05, 3.63) is 0 Å². The summed E-state index contributed by atoms with van der Waals surface area (Å²) in [5.74, 6) is 0. The van der Waals surface area contributed by atoms with Crippen LogP contribution in [0.15, 0.2) is 0 Å². The fourth-order valence-corrected chi connectivity index (χ4v) is 2.66. The van der Waals surface area contributed by atoms with E-state index in [-0.39, 0.29) is 6.04 Å². The zero-order valence-corrected chi connectivity index (χ0v) is 9.19. The molecule has 1 atom stereocenters. The van der Waals surface area contributed by atoms with Gasteiger partial charge in [-0.2, -0.15) is 4.31 Å². The van der Waals surface area contributed by atoms with Gasteiger partial charge in [0.05, 0.1) is 6.26 Å². The van der Waals surface area contributed by atoms with Gasteiger partial charge < -0.3 is 0 Å². The molecule has 12 heavy (non-hydrogen) atoms. The predicted octanol–water partition coefficient (Wildman–Crippen LogP) is 1.46. The topological polar surface area (TPSA) is 37.4 Å². The molecule has 0 aliphatic rings. The summed E-state index contributed by atoms with van der Waals surface area (Å²) >= 11 is 0. The molecule has 0 N–H and O–H groups in total. The molecule has 4 heteroatoms. The lowest BCUT2D eigenvalue weighted by Crippen LogP contribution is -2.37. The van der Waals surface area contributed by atoms with Crippen molar-refractivity contribution >= 4 is 10.0 Å². The van der Waals surface area contributed by atoms with Crippen molar-refractivity contribution in [2.75, 3.05) is 12.8 Å². The third kappa shape index (κ3) is 3.54. The summed E-state index contributed by atoms with van der Waals surface area (Å²) in [6.07, 6.45) is 3.22. The second-order valence-corrected chi connectivity index (χ2v) is 5.04. The predicted molar refractivity (Wildman–Crippen MR) is 51.6 cm³/mol. The van der Waals surface area contributed by atoms with E-state index in [0.29, 0.717) is 6.54 Å². The highest BCUT2D eigenvalue weighted by Gasteiger charge is 2.19. The minimum atomic E-state index is -3.00. The van der Waals surface area contributed by atoms with E-state index in [0.717, 1.165) is 12.8 Å². The van der Waals surface area contributed by atoms with E-state index in [2.05, 4.69) is 6.92 Å². The second-order valence-electron chi connectivity index (χ2n) is 3.10. The number of rotatable bonds is 5. The summed E-state index contributed by atoms with van der Waals surface area (Å²) < 4.78 is 23.9. The fourth-order valence-electron chi connectivity index (χ4n) is 1.43. The van der Waals surface area contributed by atoms with Gasteiger partial charge in [0.2, 0.25) is 10.0 Å². The van der Waals surface area contributed by atoms with Gasteiger partial charge >= 0.3 is 0 Å². The van der Waals surface area contributed by atoms with Crippen LogP contribution >= 0.6 is 0 Å². The third-order valence-corrected chi connectivity index (χ3v) is 3.41. The number of hydrogen-bond donors (Lipinski definition) is 0. The van der Waals surface area contributed by atoms with Crippen LogP contribution in [0.5, 0.6) is 0 Å². The first kappa shape index (κ1) is 11.9. The molecule has 74 valence electrons. The Balaban J connectivity index is 4.35. The van der Waals surface area contributed by atoms with Gasteiger partial charge in [-0.1, -0.05) is 20.3 Å². The maximum atomic E-state index is 11.2. The number of hydrogen-bond acceptors (Lipinski definition) is 2. The second kappa shape index (κ2) is 4.82. The Morgan fingerprint density at radius 1 is 1.33 bits per heavy atom. The molecule has 0 amide bonds. The van der Waals surface area contributed by atoms with Crippen LogP contribution in [0.2, 0.25) is 0 Å². The summed E-state index contributed by atoms with van der Waals surface area (Å²) in [5, 5.41) is 0. The quantitative estimate of drug-likeness (QED) is 0.663. The van der Waals surface area contributed by atoms with Crippen LogP contribution in [-0.4, -0.2) is 31.6 Å². The summed E-state index contributed by atoms with van der Waals surface area (Å²) in [7, 11) is -3.00. The Bertz CT molecular complexity index is 211. The minimum absolute atomic E-state index is 0.134. The van der Waals surface area contributed by atoms with Gasteiger partial charge in [-0.3, -0.25) is 0 Å². The van der Waals surface area contributed by atoms with Crippen LogP contribution < -0.4 is 0 Å². The molecule has 0 heterocycles. The van der Waals surface area contributed by atoms with Gasteiger partial charge in [0.1, 0.15) is 0 Å². The Labute approximate surface area is 75.8 Å². The zero-order chi connectivity index (χ0) is 9.78. The fraction of sp³-hybridized carbons (Fsp3) is 1.00. The van der Waals surface area contributed by atoms with E-state index < -0.39 is 10.0 Å². The molecule has 0 aromatic rings. The van der Waals surface area contributed by atoms with E-state index >= 15 is 0 Å². The molecule has 0 spiro atoms. The third-order valence-electron chi connectivity index (χ3n) is 1.94. The van der Waals surface area contributed by atoms with Gasteiger partial charge in [-0.25, -0.2) is 8.42 Å². The van der Waals surface area contributed by atoms with Crippen molar-refractivity contribution in [2.45, 2.75) is 39.7 Å². The van der Waals surface area contributed by atoms with E-state index in [1.54, 1.807) is 0 Å². The first-order valence-corrected chi connectivity index (χ1v) is 6.25. The summed E-state index contributed by atoms with van der Waals surface area (Å²) in [6, 6.07) is 0.134. The molecule has 0 aliphatic heterocycles. The molecule has 3 nitrogen and oxygen atoms in total. The average Bonchev–Trinajstić information content (AvgIpc) is 1.85. The van der Waals surface area contributed by atoms with Crippen molar-refractivity contribution in [2.24, 2.45) is 0 Å². The largest absolute Gasteiger partial charge is 0.212 e. The van der Waals surface area contributed by atoms with E-state index in [4.69, 9.17) is 0 Å². The smallest absolute Gasteiger partial charge is 0.211 e. The SMILES string of the molecule is CCCC(C)N(CC)S(C)(=O)=O. The molecule has 0 fully saturated rings. The van der Waals surface area contributed by atoms with Gasteiger partial charge in [0.25, 0.3) is 0 Å². The van der Waals surface area contributed by atoms with Crippen LogP contribution in [-0.2, 0) is 10.0 Å². The Hall–Kier alpha value is -0.0900. The first-order valence-electron chi connectivity index (χ1n) is 4.40. The van der Waals surface area contributed by atoms with Crippen molar-refractivity contribution in [1.29, 1.82) is 0 Å². The summed E-state index contributed by atoms with van der Waals surface area (Å²) in [6.45, 7) is 6.45. The lowest BCUT2D eigenvalue weighted by Gasteiger charge is -2.24. The van der Waals surface area contributed by atoms with Crippen molar-refractivity contribution < 1.29 is 8.42 Å². The maximum absolute atomic E-state index is 11.2. The summed E-state index contributed by atoms with van der Waals surface area (Å²) in [4.78, 5) is 0. The van der Waals surface area contributed by atoms with Crippen molar-refractivity contribution in [3.63, 3.8) is 0 Å². The Morgan fingerprint density at radius 3 is 2.08 bits per heavy atom. The van der Waals surface area contributed by atoms with Crippen molar-refractivity contribution in [3.8, 4) is 0 Å². The highest BCUT2D eigenvalue weighted by molar-refractivity contribution is 7.88. The molecule has 0 saturated carbocycles. The van der Waals surface area contributed by atoms with E-state index in [9.17, 15) is 8.42 Å². The highest BCUT2D eigenvalue weighted by atomic mass is 32.2. The molecule has 0 rings (SSSR count). The molecule has 0 saturated heterocycles. The average molecular weight is 193 g/mol. The molecule has 0 radical (unpaired) electrons. The van der Waals surface area contributed by atoms with Crippen LogP contribution in [0.1, 0.15) is 33.6 Å². The molecule has 0 bridgehead atoms. The minimum Gasteiger partial charge on any atom is -0.212 e. The van der Waals surface area contributed by atoms with E-state index in [1.807, 2.05) is 13.8 Å². The zero-order valence-electron chi connectivity index (χ0n) is 8.37. The monoisotopic (exact) mass is 193 g/mol. The van der Waals surface area contributed by atoms with Crippen molar-refractivity contribution in [1.82, 2.24) is 4.31 Å².